The number of hydrogen-bond donors (Lipinski definition) is 0. The summed E-state index contributed by atoms with van der Waals surface area (Å²) >= 11 is 0. The van der Waals surface area contributed by atoms with Crippen molar-refractivity contribution in [1.29, 1.82) is 0 Å². The molecular formula is C18H24FNO3. The molecular weight excluding hydrogens is 297 g/mol. The molecule has 1 aromatic rings. The van der Waals surface area contributed by atoms with E-state index in [1.54, 1.807) is 6.07 Å². The third kappa shape index (κ3) is 5.34. The predicted molar refractivity (Wildman–Crippen MR) is 85.3 cm³/mol. The summed E-state index contributed by atoms with van der Waals surface area (Å²) in [6.07, 6.45) is 3.93. The van der Waals surface area contributed by atoms with E-state index in [2.05, 4.69) is 4.74 Å². The maximum atomic E-state index is 13.7. The number of benzene rings is 1. The number of methoxy groups -OCH3 is 1. The highest BCUT2D eigenvalue weighted by atomic mass is 19.1. The maximum absolute atomic E-state index is 13.7. The molecule has 1 amide bonds. The summed E-state index contributed by atoms with van der Waals surface area (Å²) in [5.41, 5.74) is 0.738. The van der Waals surface area contributed by atoms with Crippen LogP contribution in [0.5, 0.6) is 0 Å². The SMILES string of the molecule is COC(=O)CCC(=O)N1CCC[C@@H](CCc2ccccc2F)C1. The van der Waals surface area contributed by atoms with Crippen LogP contribution in [-0.4, -0.2) is 37.0 Å². The Morgan fingerprint density at radius 3 is 2.83 bits per heavy atom. The Morgan fingerprint density at radius 1 is 1.30 bits per heavy atom. The van der Waals surface area contributed by atoms with Gasteiger partial charge in [0, 0.05) is 19.5 Å². The Hall–Kier alpha value is -1.91. The minimum absolute atomic E-state index is 0.00555. The number of hydrogen-bond acceptors (Lipinski definition) is 3. The Labute approximate surface area is 136 Å². The van der Waals surface area contributed by atoms with Crippen LogP contribution in [0.4, 0.5) is 4.39 Å². The van der Waals surface area contributed by atoms with Gasteiger partial charge in [-0.05, 0) is 43.2 Å². The molecule has 1 heterocycles. The number of ether oxygens (including phenoxy) is 1. The topological polar surface area (TPSA) is 46.6 Å². The lowest BCUT2D eigenvalue weighted by Crippen LogP contribution is -2.40. The van der Waals surface area contributed by atoms with E-state index in [0.29, 0.717) is 18.9 Å². The van der Waals surface area contributed by atoms with Crippen molar-refractivity contribution in [2.75, 3.05) is 20.2 Å². The van der Waals surface area contributed by atoms with Crippen molar-refractivity contribution in [3.8, 4) is 0 Å². The molecule has 0 radical (unpaired) electrons. The molecule has 126 valence electrons. The predicted octanol–water partition coefficient (Wildman–Crippen LogP) is 2.95. The van der Waals surface area contributed by atoms with E-state index >= 15 is 0 Å². The number of halogens is 1. The molecule has 5 heteroatoms. The smallest absolute Gasteiger partial charge is 0.306 e. The van der Waals surface area contributed by atoms with Crippen molar-refractivity contribution in [1.82, 2.24) is 4.90 Å². The van der Waals surface area contributed by atoms with Crippen LogP contribution in [0.1, 0.15) is 37.7 Å². The number of carbonyl (C=O) groups is 2. The van der Waals surface area contributed by atoms with Crippen LogP contribution in [0.2, 0.25) is 0 Å². The van der Waals surface area contributed by atoms with Gasteiger partial charge in [0.15, 0.2) is 0 Å². The molecule has 0 saturated carbocycles. The minimum Gasteiger partial charge on any atom is -0.469 e. The molecule has 1 aliphatic heterocycles. The van der Waals surface area contributed by atoms with E-state index in [9.17, 15) is 14.0 Å². The van der Waals surface area contributed by atoms with Crippen molar-refractivity contribution >= 4 is 11.9 Å². The van der Waals surface area contributed by atoms with E-state index in [4.69, 9.17) is 0 Å². The third-order valence-corrected chi connectivity index (χ3v) is 4.42. The number of aryl methyl sites for hydroxylation is 1. The first-order chi connectivity index (χ1) is 11.1. The molecule has 23 heavy (non-hydrogen) atoms. The zero-order chi connectivity index (χ0) is 16.7. The highest BCUT2D eigenvalue weighted by Gasteiger charge is 2.24. The van der Waals surface area contributed by atoms with Crippen molar-refractivity contribution in [3.63, 3.8) is 0 Å². The number of amides is 1. The number of carbonyl (C=O) groups excluding carboxylic acids is 2. The van der Waals surface area contributed by atoms with Gasteiger partial charge in [-0.2, -0.15) is 0 Å². The van der Waals surface area contributed by atoms with Gasteiger partial charge < -0.3 is 9.64 Å². The zero-order valence-corrected chi connectivity index (χ0v) is 13.6. The highest BCUT2D eigenvalue weighted by Crippen LogP contribution is 2.23. The van der Waals surface area contributed by atoms with Crippen molar-refractivity contribution in [3.05, 3.63) is 35.6 Å². The van der Waals surface area contributed by atoms with Gasteiger partial charge in [0.1, 0.15) is 5.82 Å². The van der Waals surface area contributed by atoms with Gasteiger partial charge in [-0.25, -0.2) is 4.39 Å². The molecule has 1 fully saturated rings. The van der Waals surface area contributed by atoms with Crippen molar-refractivity contribution in [2.24, 2.45) is 5.92 Å². The quantitative estimate of drug-likeness (QED) is 0.757. The fraction of sp³-hybridized carbons (Fsp3) is 0.556. The van der Waals surface area contributed by atoms with E-state index in [1.807, 2.05) is 17.0 Å². The van der Waals surface area contributed by atoms with Gasteiger partial charge in [0.05, 0.1) is 13.5 Å². The first kappa shape index (κ1) is 17.4. The van der Waals surface area contributed by atoms with Crippen LogP contribution in [0.3, 0.4) is 0 Å². The standard InChI is InChI=1S/C18H24FNO3/c1-23-18(22)11-10-17(21)20-12-4-5-14(13-20)8-9-15-6-2-3-7-16(15)19/h2-3,6-7,14H,4-5,8-13H2,1H3/t14-/m0/s1. The normalized spacial score (nSPS) is 17.8. The Bertz CT molecular complexity index is 547. The Morgan fingerprint density at radius 2 is 2.09 bits per heavy atom. The van der Waals surface area contributed by atoms with Crippen molar-refractivity contribution < 1.29 is 18.7 Å². The molecule has 0 N–H and O–H groups in total. The molecule has 4 nitrogen and oxygen atoms in total. The minimum atomic E-state index is -0.355. The number of esters is 1. The molecule has 1 atom stereocenters. The average Bonchev–Trinajstić information content (AvgIpc) is 2.59. The summed E-state index contributed by atoms with van der Waals surface area (Å²) in [7, 11) is 1.33. The van der Waals surface area contributed by atoms with Crippen LogP contribution >= 0.6 is 0 Å². The molecule has 0 aliphatic carbocycles. The molecule has 0 aromatic heterocycles. The molecule has 1 saturated heterocycles. The fourth-order valence-corrected chi connectivity index (χ4v) is 3.06. The van der Waals surface area contributed by atoms with E-state index in [-0.39, 0.29) is 30.5 Å². The molecule has 2 rings (SSSR count). The lowest BCUT2D eigenvalue weighted by molar-refractivity contribution is -0.144. The summed E-state index contributed by atoms with van der Waals surface area (Å²) in [6.45, 7) is 1.45. The number of rotatable bonds is 6. The number of likely N-dealkylation sites (tertiary alicyclic amines) is 1. The van der Waals surface area contributed by atoms with Gasteiger partial charge in [-0.3, -0.25) is 9.59 Å². The molecule has 1 aliphatic rings. The average molecular weight is 321 g/mol. The van der Waals surface area contributed by atoms with Gasteiger partial charge in [-0.15, -0.1) is 0 Å². The van der Waals surface area contributed by atoms with Crippen molar-refractivity contribution in [2.45, 2.75) is 38.5 Å². The van der Waals surface area contributed by atoms with Gasteiger partial charge in [-0.1, -0.05) is 18.2 Å². The second-order valence-corrected chi connectivity index (χ2v) is 6.05. The van der Waals surface area contributed by atoms with Crippen LogP contribution in [-0.2, 0) is 20.7 Å². The molecule has 0 spiro atoms. The van der Waals surface area contributed by atoms with Crippen LogP contribution in [0.15, 0.2) is 24.3 Å². The molecule has 0 unspecified atom stereocenters. The largest absolute Gasteiger partial charge is 0.469 e. The first-order valence-corrected chi connectivity index (χ1v) is 8.18. The lowest BCUT2D eigenvalue weighted by atomic mass is 9.91. The number of piperidine rings is 1. The van der Waals surface area contributed by atoms with Crippen LogP contribution < -0.4 is 0 Å². The second-order valence-electron chi connectivity index (χ2n) is 6.05. The highest BCUT2D eigenvalue weighted by molar-refractivity contribution is 5.81. The van der Waals surface area contributed by atoms with E-state index < -0.39 is 0 Å². The van der Waals surface area contributed by atoms with E-state index in [0.717, 1.165) is 31.4 Å². The maximum Gasteiger partial charge on any atom is 0.306 e. The zero-order valence-electron chi connectivity index (χ0n) is 13.6. The van der Waals surface area contributed by atoms with Gasteiger partial charge in [0.25, 0.3) is 0 Å². The summed E-state index contributed by atoms with van der Waals surface area (Å²) in [6, 6.07) is 6.85. The van der Waals surface area contributed by atoms with Gasteiger partial charge >= 0.3 is 5.97 Å². The lowest BCUT2D eigenvalue weighted by Gasteiger charge is -2.33. The summed E-state index contributed by atoms with van der Waals surface area (Å²) < 4.78 is 18.2. The monoisotopic (exact) mass is 321 g/mol. The Kier molecular flexibility index (Phi) is 6.56. The second kappa shape index (κ2) is 8.65. The first-order valence-electron chi connectivity index (χ1n) is 8.18. The fourth-order valence-electron chi connectivity index (χ4n) is 3.06. The number of nitrogens with zero attached hydrogens (tertiary/aromatic N) is 1. The van der Waals surface area contributed by atoms with Crippen LogP contribution in [0, 0.1) is 11.7 Å². The summed E-state index contributed by atoms with van der Waals surface area (Å²) in [5.74, 6) is -0.114. The molecule has 0 bridgehead atoms. The summed E-state index contributed by atoms with van der Waals surface area (Å²) in [5, 5.41) is 0. The van der Waals surface area contributed by atoms with E-state index in [1.165, 1.54) is 13.2 Å². The van der Waals surface area contributed by atoms with Crippen LogP contribution in [0.25, 0.3) is 0 Å². The molecule has 1 aromatic carbocycles. The summed E-state index contributed by atoms with van der Waals surface area (Å²) in [4.78, 5) is 25.1. The Balaban J connectivity index is 1.80. The van der Waals surface area contributed by atoms with Gasteiger partial charge in [0.2, 0.25) is 5.91 Å². The third-order valence-electron chi connectivity index (χ3n) is 4.42.